The Balaban J connectivity index is 2.31. The molecule has 0 saturated heterocycles. The van der Waals surface area contributed by atoms with Gasteiger partial charge in [0.2, 0.25) is 0 Å². The average molecular weight is 298 g/mol. The van der Waals surface area contributed by atoms with Gasteiger partial charge in [0.1, 0.15) is 6.04 Å². The third kappa shape index (κ3) is 3.18. The molecule has 2 heterocycles. The lowest BCUT2D eigenvalue weighted by molar-refractivity contribution is 0.365. The summed E-state index contributed by atoms with van der Waals surface area (Å²) in [4.78, 5) is 6.42. The van der Waals surface area contributed by atoms with Crippen molar-refractivity contribution in [2.24, 2.45) is 12.9 Å². The third-order valence-electron chi connectivity index (χ3n) is 3.05. The zero-order valence-corrected chi connectivity index (χ0v) is 12.7. The molecule has 0 radical (unpaired) electrons. The Morgan fingerprint density at radius 3 is 2.80 bits per heavy atom. The smallest absolute Gasteiger partial charge is 0.108 e. The molecule has 2 aromatic rings. The lowest BCUT2D eigenvalue weighted by atomic mass is 10.1. The molecule has 0 bridgehead atoms. The quantitative estimate of drug-likeness (QED) is 0.596. The number of nitrogens with two attached hydrogens (primary N) is 1. The van der Waals surface area contributed by atoms with Crippen LogP contribution in [0.25, 0.3) is 0 Å². The van der Waals surface area contributed by atoms with Gasteiger partial charge in [0, 0.05) is 19.8 Å². The number of rotatable bonds is 6. The molecule has 0 amide bonds. The summed E-state index contributed by atoms with van der Waals surface area (Å²) in [5.74, 6) is 5.69. The van der Waals surface area contributed by atoms with Crippen LogP contribution in [0, 0.1) is 0 Å². The zero-order valence-electron chi connectivity index (χ0n) is 11.9. The topological polar surface area (TPSA) is 76.9 Å². The molecule has 0 aliphatic carbocycles. The number of imidazole rings is 1. The van der Waals surface area contributed by atoms with Crippen molar-refractivity contribution < 1.29 is 0 Å². The number of likely N-dealkylation sites (N-methyl/N-ethyl adjacent to an activating group) is 1. The number of aryl methyl sites for hydroxylation is 1. The van der Waals surface area contributed by atoms with Crippen molar-refractivity contribution >= 4 is 11.6 Å². The van der Waals surface area contributed by atoms with E-state index in [0.717, 1.165) is 24.5 Å². The summed E-state index contributed by atoms with van der Waals surface area (Å²) in [6, 6.07) is -0.284. The van der Waals surface area contributed by atoms with E-state index < -0.39 is 0 Å². The van der Waals surface area contributed by atoms with Crippen LogP contribution in [0.15, 0.2) is 18.7 Å². The Morgan fingerprint density at radius 2 is 2.25 bits per heavy atom. The first kappa shape index (κ1) is 15.0. The first-order valence-corrected chi connectivity index (χ1v) is 6.70. The molecule has 0 aliphatic heterocycles. The van der Waals surface area contributed by atoms with Gasteiger partial charge in [-0.15, -0.1) is 0 Å². The first-order valence-electron chi connectivity index (χ1n) is 6.33. The Kier molecular flexibility index (Phi) is 4.77. The highest BCUT2D eigenvalue weighted by atomic mass is 35.5. The SMILES string of the molecule is CN(C)CCn1ncc(Cl)c1C(NN)c1cn(C)cn1. The summed E-state index contributed by atoms with van der Waals surface area (Å²) in [6.07, 6.45) is 5.28. The van der Waals surface area contributed by atoms with Crippen LogP contribution in [0.5, 0.6) is 0 Å². The Hall–Kier alpha value is -1.41. The Morgan fingerprint density at radius 1 is 1.50 bits per heavy atom. The monoisotopic (exact) mass is 297 g/mol. The summed E-state index contributed by atoms with van der Waals surface area (Å²) in [6.45, 7) is 1.60. The highest BCUT2D eigenvalue weighted by Gasteiger charge is 2.23. The van der Waals surface area contributed by atoms with Crippen molar-refractivity contribution in [2.45, 2.75) is 12.6 Å². The van der Waals surface area contributed by atoms with Crippen LogP contribution >= 0.6 is 11.6 Å². The molecule has 3 N–H and O–H groups in total. The molecule has 0 spiro atoms. The minimum Gasteiger partial charge on any atom is -0.340 e. The van der Waals surface area contributed by atoms with Gasteiger partial charge >= 0.3 is 0 Å². The molecule has 2 aromatic heterocycles. The van der Waals surface area contributed by atoms with Gasteiger partial charge in [-0.2, -0.15) is 5.10 Å². The predicted molar refractivity (Wildman–Crippen MR) is 78.2 cm³/mol. The van der Waals surface area contributed by atoms with Gasteiger partial charge in [-0.25, -0.2) is 10.4 Å². The van der Waals surface area contributed by atoms with Gasteiger partial charge in [-0.3, -0.25) is 10.5 Å². The van der Waals surface area contributed by atoms with Crippen LogP contribution in [-0.4, -0.2) is 44.9 Å². The van der Waals surface area contributed by atoms with Gasteiger partial charge in [0.05, 0.1) is 35.5 Å². The number of nitrogens with one attached hydrogen (secondary N) is 1. The molecular weight excluding hydrogens is 278 g/mol. The summed E-state index contributed by atoms with van der Waals surface area (Å²) in [7, 11) is 5.94. The van der Waals surface area contributed by atoms with Crippen molar-refractivity contribution in [3.63, 3.8) is 0 Å². The van der Waals surface area contributed by atoms with E-state index >= 15 is 0 Å². The van der Waals surface area contributed by atoms with E-state index in [1.165, 1.54) is 0 Å². The van der Waals surface area contributed by atoms with Crippen LogP contribution < -0.4 is 11.3 Å². The summed E-state index contributed by atoms with van der Waals surface area (Å²) in [5, 5.41) is 4.90. The normalized spacial score (nSPS) is 13.1. The predicted octanol–water partition coefficient (Wildman–Crippen LogP) is 0.384. The summed E-state index contributed by atoms with van der Waals surface area (Å²) < 4.78 is 3.73. The van der Waals surface area contributed by atoms with E-state index in [1.54, 1.807) is 12.5 Å². The number of hydrogen-bond donors (Lipinski definition) is 2. The Labute approximate surface area is 123 Å². The number of hydrazine groups is 1. The van der Waals surface area contributed by atoms with E-state index in [4.69, 9.17) is 17.4 Å². The highest BCUT2D eigenvalue weighted by Crippen LogP contribution is 2.26. The molecule has 0 aromatic carbocycles. The molecule has 7 nitrogen and oxygen atoms in total. The largest absolute Gasteiger partial charge is 0.340 e. The number of aromatic nitrogens is 4. The van der Waals surface area contributed by atoms with Crippen LogP contribution in [0.2, 0.25) is 5.02 Å². The van der Waals surface area contributed by atoms with Crippen LogP contribution in [0.1, 0.15) is 17.4 Å². The second-order valence-electron chi connectivity index (χ2n) is 4.97. The standard InChI is InChI=1S/C12H20ClN7/c1-18(2)4-5-20-12(9(13)6-16-20)11(17-14)10-7-19(3)8-15-10/h6-8,11,17H,4-5,14H2,1-3H3. The summed E-state index contributed by atoms with van der Waals surface area (Å²) in [5.41, 5.74) is 4.41. The molecule has 110 valence electrons. The van der Waals surface area contributed by atoms with Crippen molar-refractivity contribution in [1.29, 1.82) is 0 Å². The molecule has 20 heavy (non-hydrogen) atoms. The molecule has 0 saturated carbocycles. The van der Waals surface area contributed by atoms with Gasteiger partial charge in [-0.1, -0.05) is 11.6 Å². The van der Waals surface area contributed by atoms with Gasteiger partial charge in [0.25, 0.3) is 0 Å². The molecule has 8 heteroatoms. The van der Waals surface area contributed by atoms with E-state index in [0.29, 0.717) is 5.02 Å². The fourth-order valence-corrected chi connectivity index (χ4v) is 2.27. The van der Waals surface area contributed by atoms with Gasteiger partial charge in [0.15, 0.2) is 0 Å². The second kappa shape index (κ2) is 6.36. The highest BCUT2D eigenvalue weighted by molar-refractivity contribution is 6.31. The number of nitrogens with zero attached hydrogens (tertiary/aromatic N) is 5. The van der Waals surface area contributed by atoms with E-state index in [9.17, 15) is 0 Å². The maximum atomic E-state index is 6.26. The van der Waals surface area contributed by atoms with Crippen molar-refractivity contribution in [3.05, 3.63) is 35.1 Å². The Bertz CT molecular complexity index is 560. The number of halogens is 1. The fraction of sp³-hybridized carbons (Fsp3) is 0.500. The second-order valence-corrected chi connectivity index (χ2v) is 5.38. The molecule has 0 fully saturated rings. The molecule has 0 aliphatic rings. The third-order valence-corrected chi connectivity index (χ3v) is 3.34. The minimum absolute atomic E-state index is 0.284. The maximum Gasteiger partial charge on any atom is 0.108 e. The fourth-order valence-electron chi connectivity index (χ4n) is 2.02. The maximum absolute atomic E-state index is 6.26. The van der Waals surface area contributed by atoms with Crippen LogP contribution in [0.4, 0.5) is 0 Å². The van der Waals surface area contributed by atoms with E-state index in [2.05, 4.69) is 20.4 Å². The lowest BCUT2D eigenvalue weighted by Gasteiger charge is -2.18. The van der Waals surface area contributed by atoms with Crippen molar-refractivity contribution in [3.8, 4) is 0 Å². The molecule has 2 rings (SSSR count). The first-order chi connectivity index (χ1) is 9.52. The molecular formula is C12H20ClN7. The van der Waals surface area contributed by atoms with Crippen molar-refractivity contribution in [2.75, 3.05) is 20.6 Å². The van der Waals surface area contributed by atoms with Crippen LogP contribution in [0.3, 0.4) is 0 Å². The van der Waals surface area contributed by atoms with Gasteiger partial charge in [-0.05, 0) is 14.1 Å². The number of hydrogen-bond acceptors (Lipinski definition) is 5. The molecule has 1 unspecified atom stereocenters. The van der Waals surface area contributed by atoms with E-state index in [1.807, 2.05) is 36.6 Å². The zero-order chi connectivity index (χ0) is 14.7. The molecule has 1 atom stereocenters. The lowest BCUT2D eigenvalue weighted by Crippen LogP contribution is -2.32. The van der Waals surface area contributed by atoms with Crippen molar-refractivity contribution in [1.82, 2.24) is 29.7 Å². The van der Waals surface area contributed by atoms with E-state index in [-0.39, 0.29) is 6.04 Å². The van der Waals surface area contributed by atoms with Gasteiger partial charge < -0.3 is 9.47 Å². The van der Waals surface area contributed by atoms with Crippen LogP contribution in [-0.2, 0) is 13.6 Å². The average Bonchev–Trinajstić information content (AvgIpc) is 2.97. The minimum atomic E-state index is -0.284. The summed E-state index contributed by atoms with van der Waals surface area (Å²) >= 11 is 6.26.